The van der Waals surface area contributed by atoms with Crippen LogP contribution in [-0.4, -0.2) is 41.0 Å². The molecule has 1 aliphatic carbocycles. The normalized spacial score (nSPS) is 22.6. The fourth-order valence-corrected chi connectivity index (χ4v) is 2.75. The lowest BCUT2D eigenvalue weighted by Crippen LogP contribution is -2.46. The van der Waals surface area contributed by atoms with Crippen LogP contribution in [0.15, 0.2) is 18.3 Å². The summed E-state index contributed by atoms with van der Waals surface area (Å²) in [6, 6.07) is 3.50. The molecule has 2 aliphatic rings. The number of piperidine rings is 1. The second-order valence-electron chi connectivity index (χ2n) is 5.70. The molecule has 108 valence electrons. The molecule has 3 rings (SSSR count). The summed E-state index contributed by atoms with van der Waals surface area (Å²) in [4.78, 5) is 18.4. The van der Waals surface area contributed by atoms with Gasteiger partial charge in [0.1, 0.15) is 11.5 Å². The van der Waals surface area contributed by atoms with E-state index < -0.39 is 5.82 Å². The van der Waals surface area contributed by atoms with Crippen LogP contribution in [0.4, 0.5) is 4.39 Å². The summed E-state index contributed by atoms with van der Waals surface area (Å²) in [7, 11) is 0. The van der Waals surface area contributed by atoms with Gasteiger partial charge >= 0.3 is 0 Å². The zero-order chi connectivity index (χ0) is 13.9. The topological polar surface area (TPSA) is 45.2 Å². The third-order valence-corrected chi connectivity index (χ3v) is 4.02. The Kier molecular flexibility index (Phi) is 3.96. The lowest BCUT2D eigenvalue weighted by atomic mass is 10.0. The number of nitrogens with one attached hydrogen (secondary N) is 1. The molecule has 0 spiro atoms. The van der Waals surface area contributed by atoms with Crippen molar-refractivity contribution in [1.29, 1.82) is 0 Å². The summed E-state index contributed by atoms with van der Waals surface area (Å²) in [6.07, 6.45) is 6.80. The van der Waals surface area contributed by atoms with Crippen LogP contribution >= 0.6 is 0 Å². The van der Waals surface area contributed by atoms with Crippen molar-refractivity contribution in [3.8, 4) is 0 Å². The van der Waals surface area contributed by atoms with E-state index in [1.807, 2.05) is 4.90 Å². The Morgan fingerprint density at radius 1 is 1.35 bits per heavy atom. The average molecular weight is 277 g/mol. The molecular formula is C15H20FN3O. The molecule has 0 aromatic carbocycles. The molecule has 0 bridgehead atoms. The number of hydrogen-bond acceptors (Lipinski definition) is 3. The fraction of sp³-hybridized carbons (Fsp3) is 0.600. The maximum absolute atomic E-state index is 12.9. The first-order valence-electron chi connectivity index (χ1n) is 7.40. The Bertz CT molecular complexity index is 467. The lowest BCUT2D eigenvalue weighted by Gasteiger charge is -2.30. The minimum atomic E-state index is -0.409. The van der Waals surface area contributed by atoms with Gasteiger partial charge in [-0.1, -0.05) is 6.42 Å². The van der Waals surface area contributed by atoms with Gasteiger partial charge in [0, 0.05) is 18.6 Å². The third kappa shape index (κ3) is 3.15. The molecule has 1 aromatic rings. The second-order valence-corrected chi connectivity index (χ2v) is 5.70. The van der Waals surface area contributed by atoms with Crippen LogP contribution in [0.25, 0.3) is 0 Å². The summed E-state index contributed by atoms with van der Waals surface area (Å²) in [6.45, 7) is 1.77. The summed E-state index contributed by atoms with van der Waals surface area (Å²) in [5.41, 5.74) is 0.342. The van der Waals surface area contributed by atoms with Gasteiger partial charge in [-0.3, -0.25) is 4.79 Å². The first-order chi connectivity index (χ1) is 9.74. The smallest absolute Gasteiger partial charge is 0.272 e. The van der Waals surface area contributed by atoms with Crippen molar-refractivity contribution in [2.45, 2.75) is 44.2 Å². The Labute approximate surface area is 118 Å². The monoisotopic (exact) mass is 277 g/mol. The van der Waals surface area contributed by atoms with Gasteiger partial charge < -0.3 is 10.2 Å². The van der Waals surface area contributed by atoms with Gasteiger partial charge in [-0.2, -0.15) is 0 Å². The van der Waals surface area contributed by atoms with E-state index in [2.05, 4.69) is 10.3 Å². The van der Waals surface area contributed by atoms with Gasteiger partial charge in [-0.05, 0) is 44.4 Å². The quantitative estimate of drug-likeness (QED) is 0.915. The first kappa shape index (κ1) is 13.5. The number of hydrogen-bond donors (Lipinski definition) is 1. The van der Waals surface area contributed by atoms with Crippen LogP contribution in [-0.2, 0) is 0 Å². The van der Waals surface area contributed by atoms with Crippen LogP contribution in [0.2, 0.25) is 0 Å². The van der Waals surface area contributed by atoms with Gasteiger partial charge in [-0.25, -0.2) is 9.37 Å². The number of aromatic nitrogens is 1. The third-order valence-electron chi connectivity index (χ3n) is 4.02. The molecule has 1 N–H and O–H groups in total. The lowest BCUT2D eigenvalue weighted by molar-refractivity contribution is 0.0712. The molecule has 1 unspecified atom stereocenters. The van der Waals surface area contributed by atoms with E-state index >= 15 is 0 Å². The predicted octanol–water partition coefficient (Wildman–Crippen LogP) is 1.97. The molecule has 5 heteroatoms. The van der Waals surface area contributed by atoms with Crippen LogP contribution < -0.4 is 5.32 Å². The van der Waals surface area contributed by atoms with E-state index in [0.717, 1.165) is 38.5 Å². The summed E-state index contributed by atoms with van der Waals surface area (Å²) in [5, 5.41) is 3.47. The highest BCUT2D eigenvalue weighted by molar-refractivity contribution is 5.92. The number of nitrogens with zero attached hydrogens (tertiary/aromatic N) is 2. The molecule has 1 amide bonds. The zero-order valence-electron chi connectivity index (χ0n) is 11.5. The van der Waals surface area contributed by atoms with Crippen molar-refractivity contribution in [3.05, 3.63) is 29.8 Å². The standard InChI is InChI=1S/C15H20FN3O/c16-11-4-7-14(18-9-11)15(20)19(13-5-6-13)10-12-3-1-2-8-17-12/h4,7,9,12-13,17H,1-3,5-6,8,10H2. The largest absolute Gasteiger partial charge is 0.333 e. The molecule has 4 nitrogen and oxygen atoms in total. The molecular weight excluding hydrogens is 257 g/mol. The van der Waals surface area contributed by atoms with Crippen molar-refractivity contribution < 1.29 is 9.18 Å². The van der Waals surface area contributed by atoms with Gasteiger partial charge in [0.2, 0.25) is 0 Å². The minimum Gasteiger partial charge on any atom is -0.333 e. The van der Waals surface area contributed by atoms with Crippen LogP contribution in [0, 0.1) is 5.82 Å². The Morgan fingerprint density at radius 2 is 2.20 bits per heavy atom. The molecule has 0 radical (unpaired) electrons. The van der Waals surface area contributed by atoms with Crippen LogP contribution in [0.3, 0.4) is 0 Å². The van der Waals surface area contributed by atoms with Gasteiger partial charge in [-0.15, -0.1) is 0 Å². The summed E-state index contributed by atoms with van der Waals surface area (Å²) < 4.78 is 12.9. The van der Waals surface area contributed by atoms with Crippen LogP contribution in [0.1, 0.15) is 42.6 Å². The molecule has 2 fully saturated rings. The van der Waals surface area contributed by atoms with Gasteiger partial charge in [0.25, 0.3) is 5.91 Å². The van der Waals surface area contributed by atoms with Crippen molar-refractivity contribution in [3.63, 3.8) is 0 Å². The van der Waals surface area contributed by atoms with Gasteiger partial charge in [0.15, 0.2) is 0 Å². The van der Waals surface area contributed by atoms with Crippen molar-refractivity contribution in [2.24, 2.45) is 0 Å². The van der Waals surface area contributed by atoms with E-state index in [4.69, 9.17) is 0 Å². The highest BCUT2D eigenvalue weighted by Gasteiger charge is 2.35. The number of carbonyl (C=O) groups is 1. The van der Waals surface area contributed by atoms with Crippen molar-refractivity contribution >= 4 is 5.91 Å². The first-order valence-corrected chi connectivity index (χ1v) is 7.40. The van der Waals surface area contributed by atoms with Crippen molar-refractivity contribution in [1.82, 2.24) is 15.2 Å². The van der Waals surface area contributed by atoms with E-state index in [1.54, 1.807) is 0 Å². The highest BCUT2D eigenvalue weighted by atomic mass is 19.1. The number of amides is 1. The van der Waals surface area contributed by atoms with E-state index in [1.165, 1.54) is 25.0 Å². The molecule has 1 atom stereocenters. The number of halogens is 1. The number of rotatable bonds is 4. The highest BCUT2D eigenvalue weighted by Crippen LogP contribution is 2.28. The Morgan fingerprint density at radius 3 is 2.80 bits per heavy atom. The summed E-state index contributed by atoms with van der Waals surface area (Å²) in [5.74, 6) is -0.478. The molecule has 1 saturated carbocycles. The maximum atomic E-state index is 12.9. The number of carbonyl (C=O) groups excluding carboxylic acids is 1. The molecule has 20 heavy (non-hydrogen) atoms. The molecule has 2 heterocycles. The molecule has 1 saturated heterocycles. The number of pyridine rings is 1. The Hall–Kier alpha value is -1.49. The van der Waals surface area contributed by atoms with Crippen molar-refractivity contribution in [2.75, 3.05) is 13.1 Å². The second kappa shape index (κ2) is 5.87. The zero-order valence-corrected chi connectivity index (χ0v) is 11.5. The maximum Gasteiger partial charge on any atom is 0.272 e. The predicted molar refractivity (Wildman–Crippen MR) is 73.9 cm³/mol. The van der Waals surface area contributed by atoms with Gasteiger partial charge in [0.05, 0.1) is 6.20 Å². The van der Waals surface area contributed by atoms with E-state index in [0.29, 0.717) is 17.8 Å². The SMILES string of the molecule is O=C(c1ccc(F)cn1)N(CC1CCCCN1)C1CC1. The van der Waals surface area contributed by atoms with Crippen LogP contribution in [0.5, 0.6) is 0 Å². The summed E-state index contributed by atoms with van der Waals surface area (Å²) >= 11 is 0. The average Bonchev–Trinajstić information content (AvgIpc) is 3.30. The van der Waals surface area contributed by atoms with E-state index in [-0.39, 0.29) is 5.91 Å². The Balaban J connectivity index is 1.69. The van der Waals surface area contributed by atoms with E-state index in [9.17, 15) is 9.18 Å². The minimum absolute atomic E-state index is 0.0696. The molecule has 1 aliphatic heterocycles. The molecule has 1 aromatic heterocycles. The fourth-order valence-electron chi connectivity index (χ4n) is 2.75.